The highest BCUT2D eigenvalue weighted by atomic mass is 127. The second-order valence-corrected chi connectivity index (χ2v) is 3.77. The smallest absolute Gasteiger partial charge is 0.127 e. The Morgan fingerprint density at radius 1 is 1.43 bits per heavy atom. The molecule has 0 aliphatic rings. The fourth-order valence-corrected chi connectivity index (χ4v) is 0.471. The monoisotopic (exact) mass is 200 g/mol. The van der Waals surface area contributed by atoms with E-state index in [1.54, 1.807) is 0 Å². The average Bonchev–Trinajstić information content (AvgIpc) is 1.65. The van der Waals surface area contributed by atoms with E-state index in [0.717, 1.165) is 10.7 Å². The van der Waals surface area contributed by atoms with Crippen LogP contribution < -0.4 is 0 Å². The van der Waals surface area contributed by atoms with Crippen LogP contribution in [0.25, 0.3) is 0 Å². The molecule has 0 heterocycles. The zero-order valence-electron chi connectivity index (χ0n) is 5.24. The van der Waals surface area contributed by atoms with Crippen LogP contribution in [0, 0.1) is 0 Å². The number of hydrogen-bond donors (Lipinski definition) is 0. The fraction of sp³-hybridized carbons (Fsp3) is 0. The van der Waals surface area contributed by atoms with Crippen molar-refractivity contribution in [3.63, 3.8) is 0 Å². The van der Waals surface area contributed by atoms with Crippen molar-refractivity contribution in [2.75, 3.05) is 0 Å². The first kappa shape index (κ1) is 8.12. The molecule has 0 aromatic carbocycles. The van der Waals surface area contributed by atoms with E-state index in [0.29, 0.717) is 0 Å². The van der Waals surface area contributed by atoms with Gasteiger partial charge in [0.25, 0.3) is 0 Å². The SMILES string of the molecule is BBB(I)B(B)B. The first-order valence-corrected chi connectivity index (χ1v) is 4.07. The topological polar surface area (TPSA) is 0 Å². The quantitative estimate of drug-likeness (QED) is 0.323. The van der Waals surface area contributed by atoms with E-state index < -0.39 is 0 Å². The summed E-state index contributed by atoms with van der Waals surface area (Å²) in [4.78, 5) is 0. The molecule has 0 spiro atoms. The lowest BCUT2D eigenvalue weighted by atomic mass is 8.91. The van der Waals surface area contributed by atoms with Gasteiger partial charge in [0.15, 0.2) is 0 Å². The Balaban J connectivity index is 3.14. The molecule has 32 valence electrons. The van der Waals surface area contributed by atoms with Crippen LogP contribution in [-0.4, -0.2) is 41.0 Å². The van der Waals surface area contributed by atoms with E-state index >= 15 is 0 Å². The van der Waals surface area contributed by atoms with Crippen LogP contribution in [0.15, 0.2) is 0 Å². The maximum atomic E-state index is 2.50. The Labute approximate surface area is 63.4 Å². The summed E-state index contributed by atoms with van der Waals surface area (Å²) >= 11 is 2.50. The maximum Gasteiger partial charge on any atom is 0.127 e. The van der Waals surface area contributed by atoms with Gasteiger partial charge in [-0.2, -0.15) is 22.4 Å². The van der Waals surface area contributed by atoms with Crippen LogP contribution in [-0.2, 0) is 0 Å². The summed E-state index contributed by atoms with van der Waals surface area (Å²) in [6, 6.07) is 0. The first-order chi connectivity index (χ1) is 3.18. The maximum absolute atomic E-state index is 2.50. The third-order valence-corrected chi connectivity index (χ3v) is 3.43. The molecule has 0 aromatic rings. The third-order valence-electron chi connectivity index (χ3n) is 1.11. The molecule has 0 N–H and O–H groups in total. The van der Waals surface area contributed by atoms with Crippen LogP contribution in [0.1, 0.15) is 0 Å². The van der Waals surface area contributed by atoms with Crippen molar-refractivity contribution < 1.29 is 0 Å². The lowest BCUT2D eigenvalue weighted by Crippen LogP contribution is -2.37. The van der Waals surface area contributed by atoms with Crippen molar-refractivity contribution in [3.8, 4) is 0 Å². The highest BCUT2D eigenvalue weighted by molar-refractivity contribution is 14.1. The van der Waals surface area contributed by atoms with E-state index in [4.69, 9.17) is 0 Å². The Bertz CT molecular complexity index is 41.4. The van der Waals surface area contributed by atoms with Crippen molar-refractivity contribution in [1.82, 2.24) is 0 Å². The predicted molar refractivity (Wildman–Crippen MR) is 58.3 cm³/mol. The molecule has 7 heteroatoms. The van der Waals surface area contributed by atoms with Crippen molar-refractivity contribution in [2.24, 2.45) is 0 Å². The van der Waals surface area contributed by atoms with Gasteiger partial charge < -0.3 is 0 Å². The minimum atomic E-state index is 0.852. The minimum Gasteiger partial charge on any atom is -0.173 e. The van der Waals surface area contributed by atoms with Gasteiger partial charge in [-0.15, -0.1) is 0 Å². The summed E-state index contributed by atoms with van der Waals surface area (Å²) in [7, 11) is 8.07. The van der Waals surface area contributed by atoms with Gasteiger partial charge >= 0.3 is 0 Å². The van der Waals surface area contributed by atoms with Crippen LogP contribution in [0.2, 0.25) is 0 Å². The predicted octanol–water partition coefficient (Wildman–Crippen LogP) is -3.27. The highest BCUT2D eigenvalue weighted by Gasteiger charge is 2.12. The minimum absolute atomic E-state index is 0.852. The molecule has 0 aromatic heterocycles. The van der Waals surface area contributed by atoms with Gasteiger partial charge in [-0.3, -0.25) is 0 Å². The lowest BCUT2D eigenvalue weighted by molar-refractivity contribution is 3.83. The lowest BCUT2D eigenvalue weighted by Gasteiger charge is -2.00. The fourth-order valence-electron chi connectivity index (χ4n) is 0.471. The summed E-state index contributed by atoms with van der Waals surface area (Å²) in [6.07, 6.45) is 0.852. The van der Waals surface area contributed by atoms with Crippen molar-refractivity contribution >= 4 is 63.4 Å². The zero-order chi connectivity index (χ0) is 5.86. The zero-order valence-corrected chi connectivity index (χ0v) is 7.40. The molecular formula is H7B6I. The second kappa shape index (κ2) is 4.04. The Hall–Kier alpha value is 1.12. The number of rotatable bonds is 2. The Morgan fingerprint density at radius 3 is 1.86 bits per heavy atom. The van der Waals surface area contributed by atoms with Gasteiger partial charge in [-0.05, 0) is 0 Å². The molecule has 0 bridgehead atoms. The number of hydrogen-bond acceptors (Lipinski definition) is 0. The summed E-state index contributed by atoms with van der Waals surface area (Å²) < 4.78 is 0.873. The molecular weight excluding hydrogens is 192 g/mol. The van der Waals surface area contributed by atoms with Gasteiger partial charge in [0.2, 0.25) is 0 Å². The van der Waals surface area contributed by atoms with Crippen LogP contribution in [0.4, 0.5) is 0 Å². The molecule has 0 amide bonds. The van der Waals surface area contributed by atoms with Gasteiger partial charge in [-0.1, -0.05) is 0 Å². The first-order valence-electron chi connectivity index (χ1n) is 2.82. The highest BCUT2D eigenvalue weighted by Crippen LogP contribution is 1.89. The van der Waals surface area contributed by atoms with Gasteiger partial charge in [0, 0.05) is 6.39 Å². The summed E-state index contributed by atoms with van der Waals surface area (Å²) in [5, 5.41) is 0. The van der Waals surface area contributed by atoms with Crippen LogP contribution in [0.5, 0.6) is 0 Å². The van der Waals surface area contributed by atoms with Crippen LogP contribution >= 0.6 is 22.4 Å². The van der Waals surface area contributed by atoms with E-state index in [1.807, 2.05) is 0 Å². The third kappa shape index (κ3) is 3.68. The van der Waals surface area contributed by atoms with Gasteiger partial charge in [-0.25, -0.2) is 0 Å². The molecule has 0 rings (SSSR count). The Kier molecular flexibility index (Phi) is 4.69. The molecule has 0 aliphatic carbocycles. The largest absolute Gasteiger partial charge is 0.173 e. The molecule has 7 heavy (non-hydrogen) atoms. The average molecular weight is 199 g/mol. The number of halogens is 1. The molecule has 0 atom stereocenters. The summed E-state index contributed by atoms with van der Waals surface area (Å²) in [5.74, 6) is 0. The van der Waals surface area contributed by atoms with E-state index in [1.165, 1.54) is 7.06 Å². The molecule has 0 unspecified atom stereocenters. The summed E-state index contributed by atoms with van der Waals surface area (Å²) in [6.45, 7) is 0. The normalized spacial score (nSPS) is 7.57. The van der Waals surface area contributed by atoms with Crippen molar-refractivity contribution in [1.29, 1.82) is 0 Å². The molecule has 0 fully saturated rings. The Morgan fingerprint density at radius 2 is 1.86 bits per heavy atom. The van der Waals surface area contributed by atoms with E-state index in [-0.39, 0.29) is 0 Å². The van der Waals surface area contributed by atoms with Crippen molar-refractivity contribution in [3.05, 3.63) is 0 Å². The van der Waals surface area contributed by atoms with E-state index in [9.17, 15) is 0 Å². The standard InChI is InChI=1S/B6H7I/c1-4-6(7)5(2)3/h4H,1-3H2. The van der Waals surface area contributed by atoms with E-state index in [2.05, 4.69) is 45.6 Å². The molecule has 0 nitrogen and oxygen atoms in total. The second-order valence-electron chi connectivity index (χ2n) is 2.17. The van der Waals surface area contributed by atoms with Gasteiger partial charge in [0.05, 0.1) is 30.3 Å². The van der Waals surface area contributed by atoms with Gasteiger partial charge in [0.1, 0.15) is 4.35 Å². The summed E-state index contributed by atoms with van der Waals surface area (Å²) in [5.41, 5.74) is 0. The molecule has 0 aliphatic heterocycles. The molecule has 0 radical (unpaired) electrons. The molecule has 0 saturated carbocycles. The molecule has 0 saturated heterocycles. The van der Waals surface area contributed by atoms with Crippen molar-refractivity contribution in [2.45, 2.75) is 0 Å². The van der Waals surface area contributed by atoms with Crippen LogP contribution in [0.3, 0.4) is 0 Å².